The molecule has 0 aliphatic carbocycles. The zero-order valence-corrected chi connectivity index (χ0v) is 18.8. The van der Waals surface area contributed by atoms with Gasteiger partial charge < -0.3 is 10.2 Å². The summed E-state index contributed by atoms with van der Waals surface area (Å²) in [5.41, 5.74) is 3.71. The van der Waals surface area contributed by atoms with E-state index in [1.807, 2.05) is 44.2 Å². The van der Waals surface area contributed by atoms with Gasteiger partial charge >= 0.3 is 0 Å². The number of nitrogens with zero attached hydrogens (tertiary/aromatic N) is 4. The number of nitro benzene ring substituents is 1. The van der Waals surface area contributed by atoms with Crippen LogP contribution in [0.25, 0.3) is 11.4 Å². The Morgan fingerprint density at radius 1 is 1.09 bits per heavy atom. The summed E-state index contributed by atoms with van der Waals surface area (Å²) in [5, 5.41) is 14.2. The van der Waals surface area contributed by atoms with Crippen LogP contribution < -0.4 is 10.2 Å². The highest BCUT2D eigenvalue weighted by atomic mass is 16.6. The zero-order valence-electron chi connectivity index (χ0n) is 18.8. The summed E-state index contributed by atoms with van der Waals surface area (Å²) in [5.74, 6) is 1.31. The third-order valence-corrected chi connectivity index (χ3v) is 5.93. The number of carbonyl (C=O) groups excluding carboxylic acids is 1. The first-order chi connectivity index (χ1) is 15.9. The first-order valence-electron chi connectivity index (χ1n) is 11.1. The molecule has 8 heteroatoms. The smallest absolute Gasteiger partial charge is 0.270 e. The van der Waals surface area contributed by atoms with Crippen LogP contribution in [0.1, 0.15) is 29.7 Å². The van der Waals surface area contributed by atoms with Crippen LogP contribution in [0.5, 0.6) is 0 Å². The molecule has 33 heavy (non-hydrogen) atoms. The lowest BCUT2D eigenvalue weighted by molar-refractivity contribution is -0.384. The van der Waals surface area contributed by atoms with Crippen LogP contribution in [0.2, 0.25) is 0 Å². The van der Waals surface area contributed by atoms with Crippen molar-refractivity contribution in [1.29, 1.82) is 0 Å². The van der Waals surface area contributed by atoms with Gasteiger partial charge in [-0.25, -0.2) is 9.97 Å². The van der Waals surface area contributed by atoms with Gasteiger partial charge in [-0.05, 0) is 32.3 Å². The fourth-order valence-electron chi connectivity index (χ4n) is 4.01. The Kier molecular flexibility index (Phi) is 6.63. The lowest BCUT2D eigenvalue weighted by Gasteiger charge is -2.32. The average molecular weight is 446 g/mol. The Morgan fingerprint density at radius 2 is 1.82 bits per heavy atom. The van der Waals surface area contributed by atoms with Gasteiger partial charge in [0.2, 0.25) is 5.91 Å². The SMILES string of the molecule is Cc1ccc(CNC(=O)C2CCN(c3cc(C)nc(-c4cccc([N+](=O)[O-])c4)n3)CC2)cc1. The van der Waals surface area contributed by atoms with Gasteiger partial charge in [0.05, 0.1) is 4.92 Å². The minimum absolute atomic E-state index is 0.0108. The van der Waals surface area contributed by atoms with E-state index in [2.05, 4.69) is 20.2 Å². The number of hydrogen-bond donors (Lipinski definition) is 1. The Balaban J connectivity index is 1.39. The van der Waals surface area contributed by atoms with E-state index in [9.17, 15) is 14.9 Å². The van der Waals surface area contributed by atoms with Crippen molar-refractivity contribution in [1.82, 2.24) is 15.3 Å². The van der Waals surface area contributed by atoms with E-state index >= 15 is 0 Å². The zero-order chi connectivity index (χ0) is 23.4. The first-order valence-corrected chi connectivity index (χ1v) is 11.1. The van der Waals surface area contributed by atoms with E-state index in [-0.39, 0.29) is 17.5 Å². The van der Waals surface area contributed by atoms with Crippen molar-refractivity contribution < 1.29 is 9.72 Å². The van der Waals surface area contributed by atoms with Crippen molar-refractivity contribution in [3.05, 3.63) is 81.5 Å². The highest BCUT2D eigenvalue weighted by molar-refractivity contribution is 5.79. The highest BCUT2D eigenvalue weighted by Crippen LogP contribution is 2.26. The van der Waals surface area contributed by atoms with Crippen LogP contribution >= 0.6 is 0 Å². The van der Waals surface area contributed by atoms with Crippen molar-refractivity contribution in [2.75, 3.05) is 18.0 Å². The van der Waals surface area contributed by atoms with Gasteiger partial charge in [0.15, 0.2) is 5.82 Å². The molecule has 1 fully saturated rings. The topological polar surface area (TPSA) is 101 Å². The van der Waals surface area contributed by atoms with E-state index in [1.165, 1.54) is 17.7 Å². The molecule has 0 atom stereocenters. The van der Waals surface area contributed by atoms with Crippen LogP contribution in [0.3, 0.4) is 0 Å². The molecule has 0 spiro atoms. The maximum atomic E-state index is 12.7. The number of anilines is 1. The molecule has 1 saturated heterocycles. The van der Waals surface area contributed by atoms with Crippen LogP contribution in [0, 0.1) is 29.9 Å². The fraction of sp³-hybridized carbons (Fsp3) is 0.320. The molecule has 1 amide bonds. The van der Waals surface area contributed by atoms with E-state index in [0.717, 1.165) is 29.9 Å². The molecular formula is C25H27N5O3. The molecular weight excluding hydrogens is 418 g/mol. The molecule has 1 N–H and O–H groups in total. The quantitative estimate of drug-likeness (QED) is 0.451. The van der Waals surface area contributed by atoms with Crippen LogP contribution in [-0.4, -0.2) is 33.9 Å². The van der Waals surface area contributed by atoms with E-state index in [4.69, 9.17) is 0 Å². The summed E-state index contributed by atoms with van der Waals surface area (Å²) in [6.07, 6.45) is 1.49. The van der Waals surface area contributed by atoms with Gasteiger partial charge in [-0.3, -0.25) is 14.9 Å². The monoisotopic (exact) mass is 445 g/mol. The standard InChI is InChI=1S/C25H27N5O3/c1-17-6-8-19(9-7-17)16-26-25(31)20-10-12-29(13-11-20)23-14-18(2)27-24(28-23)21-4-3-5-22(15-21)30(32)33/h3-9,14-15,20H,10-13,16H2,1-2H3,(H,26,31). The molecule has 170 valence electrons. The van der Waals surface area contributed by atoms with Crippen molar-refractivity contribution in [2.24, 2.45) is 5.92 Å². The van der Waals surface area contributed by atoms with E-state index in [1.54, 1.807) is 12.1 Å². The van der Waals surface area contributed by atoms with Gasteiger partial charge in [0.25, 0.3) is 5.69 Å². The van der Waals surface area contributed by atoms with Gasteiger partial charge in [-0.2, -0.15) is 0 Å². The second-order valence-electron chi connectivity index (χ2n) is 8.46. The summed E-state index contributed by atoms with van der Waals surface area (Å²) < 4.78 is 0. The molecule has 0 radical (unpaired) electrons. The number of aryl methyl sites for hydroxylation is 2. The third-order valence-electron chi connectivity index (χ3n) is 5.93. The van der Waals surface area contributed by atoms with Gasteiger partial charge in [-0.15, -0.1) is 0 Å². The lowest BCUT2D eigenvalue weighted by Crippen LogP contribution is -2.40. The predicted molar refractivity (Wildman–Crippen MR) is 127 cm³/mol. The minimum atomic E-state index is -0.422. The largest absolute Gasteiger partial charge is 0.356 e. The number of carbonyl (C=O) groups is 1. The van der Waals surface area contributed by atoms with Gasteiger partial charge in [0, 0.05) is 55.0 Å². The second kappa shape index (κ2) is 9.77. The number of nitrogens with one attached hydrogen (secondary N) is 1. The van der Waals surface area contributed by atoms with Crippen molar-refractivity contribution in [2.45, 2.75) is 33.2 Å². The Hall–Kier alpha value is -3.81. The molecule has 1 aliphatic heterocycles. The number of hydrogen-bond acceptors (Lipinski definition) is 6. The van der Waals surface area contributed by atoms with Crippen LogP contribution in [-0.2, 0) is 11.3 Å². The lowest BCUT2D eigenvalue weighted by atomic mass is 9.95. The molecule has 1 aliphatic rings. The molecule has 3 aromatic rings. The van der Waals surface area contributed by atoms with Crippen molar-refractivity contribution >= 4 is 17.4 Å². The van der Waals surface area contributed by atoms with Crippen molar-refractivity contribution in [3.8, 4) is 11.4 Å². The molecule has 0 saturated carbocycles. The van der Waals surface area contributed by atoms with Crippen LogP contribution in [0.15, 0.2) is 54.6 Å². The normalized spacial score (nSPS) is 14.2. The fourth-order valence-corrected chi connectivity index (χ4v) is 4.01. The number of nitro groups is 1. The van der Waals surface area contributed by atoms with E-state index in [0.29, 0.717) is 31.0 Å². The summed E-state index contributed by atoms with van der Waals surface area (Å²) in [6.45, 7) is 5.90. The van der Waals surface area contributed by atoms with Gasteiger partial charge in [0.1, 0.15) is 5.82 Å². The number of aromatic nitrogens is 2. The number of piperidine rings is 1. The molecule has 1 aromatic heterocycles. The molecule has 2 heterocycles. The first kappa shape index (κ1) is 22.4. The Labute approximate surface area is 192 Å². The molecule has 8 nitrogen and oxygen atoms in total. The number of rotatable bonds is 6. The second-order valence-corrected chi connectivity index (χ2v) is 8.46. The summed E-state index contributed by atoms with van der Waals surface area (Å²) >= 11 is 0. The Bertz CT molecular complexity index is 1150. The summed E-state index contributed by atoms with van der Waals surface area (Å²) in [4.78, 5) is 34.6. The maximum absolute atomic E-state index is 12.7. The Morgan fingerprint density at radius 3 is 2.52 bits per heavy atom. The number of non-ortho nitro benzene ring substituents is 1. The molecule has 2 aromatic carbocycles. The minimum Gasteiger partial charge on any atom is -0.356 e. The third kappa shape index (κ3) is 5.52. The molecule has 0 unspecified atom stereocenters. The summed E-state index contributed by atoms with van der Waals surface area (Å²) in [6, 6.07) is 16.4. The molecule has 4 rings (SSSR count). The predicted octanol–water partition coefficient (Wildman–Crippen LogP) is 4.20. The highest BCUT2D eigenvalue weighted by Gasteiger charge is 2.26. The molecule has 0 bridgehead atoms. The van der Waals surface area contributed by atoms with Crippen molar-refractivity contribution in [3.63, 3.8) is 0 Å². The van der Waals surface area contributed by atoms with Crippen LogP contribution in [0.4, 0.5) is 11.5 Å². The average Bonchev–Trinajstić information content (AvgIpc) is 2.83. The maximum Gasteiger partial charge on any atom is 0.270 e. The van der Waals surface area contributed by atoms with Gasteiger partial charge in [-0.1, -0.05) is 42.0 Å². The number of amides is 1. The van der Waals surface area contributed by atoms with E-state index < -0.39 is 4.92 Å². The number of benzene rings is 2. The summed E-state index contributed by atoms with van der Waals surface area (Å²) in [7, 11) is 0.